The summed E-state index contributed by atoms with van der Waals surface area (Å²) in [5.74, 6) is 1.63. The molecule has 0 spiro atoms. The zero-order chi connectivity index (χ0) is 8.48. The summed E-state index contributed by atoms with van der Waals surface area (Å²) in [5, 5.41) is 0. The van der Waals surface area contributed by atoms with E-state index < -0.39 is 0 Å². The smallest absolute Gasteiger partial charge is 0.00463 e. The predicted molar refractivity (Wildman–Crippen MR) is 49.3 cm³/mol. The van der Waals surface area contributed by atoms with Crippen LogP contribution in [0.3, 0.4) is 0 Å². The third-order valence-corrected chi connectivity index (χ3v) is 3.17. The summed E-state index contributed by atoms with van der Waals surface area (Å²) in [4.78, 5) is 0. The van der Waals surface area contributed by atoms with Crippen LogP contribution < -0.4 is 5.73 Å². The standard InChI is InChI=1S/C10H21N/c1-8-6-10(2,3)5-4-9(8)7-11/h8-9H,4-7,11H2,1-3H3. The molecule has 2 atom stereocenters. The summed E-state index contributed by atoms with van der Waals surface area (Å²) in [5.41, 5.74) is 6.26. The Balaban J connectivity index is 2.48. The highest BCUT2D eigenvalue weighted by atomic mass is 14.6. The molecule has 0 amide bonds. The van der Waals surface area contributed by atoms with Gasteiger partial charge in [0.1, 0.15) is 0 Å². The summed E-state index contributed by atoms with van der Waals surface area (Å²) in [6, 6.07) is 0. The van der Waals surface area contributed by atoms with Crippen LogP contribution in [0.5, 0.6) is 0 Å². The van der Waals surface area contributed by atoms with Crippen molar-refractivity contribution in [1.29, 1.82) is 0 Å². The Hall–Kier alpha value is -0.0400. The molecule has 66 valence electrons. The van der Waals surface area contributed by atoms with E-state index in [0.717, 1.165) is 18.4 Å². The molecule has 2 unspecified atom stereocenters. The zero-order valence-corrected chi connectivity index (χ0v) is 8.06. The van der Waals surface area contributed by atoms with Crippen LogP contribution in [-0.4, -0.2) is 6.54 Å². The lowest BCUT2D eigenvalue weighted by Crippen LogP contribution is -2.32. The number of rotatable bonds is 1. The third-order valence-electron chi connectivity index (χ3n) is 3.17. The average Bonchev–Trinajstić information content (AvgIpc) is 1.86. The maximum absolute atomic E-state index is 5.68. The average molecular weight is 155 g/mol. The second-order valence-electron chi connectivity index (χ2n) is 4.88. The van der Waals surface area contributed by atoms with Crippen LogP contribution in [0.1, 0.15) is 40.0 Å². The van der Waals surface area contributed by atoms with E-state index in [1.807, 2.05) is 0 Å². The van der Waals surface area contributed by atoms with Crippen molar-refractivity contribution in [3.8, 4) is 0 Å². The van der Waals surface area contributed by atoms with Crippen molar-refractivity contribution in [1.82, 2.24) is 0 Å². The van der Waals surface area contributed by atoms with Gasteiger partial charge in [-0.05, 0) is 43.1 Å². The second kappa shape index (κ2) is 3.14. The van der Waals surface area contributed by atoms with Crippen molar-refractivity contribution in [2.45, 2.75) is 40.0 Å². The molecular weight excluding hydrogens is 134 g/mol. The first-order valence-corrected chi connectivity index (χ1v) is 4.75. The van der Waals surface area contributed by atoms with Gasteiger partial charge in [0.05, 0.1) is 0 Å². The maximum Gasteiger partial charge on any atom is -0.00463 e. The quantitative estimate of drug-likeness (QED) is 0.618. The van der Waals surface area contributed by atoms with Gasteiger partial charge in [-0.1, -0.05) is 20.8 Å². The fourth-order valence-electron chi connectivity index (χ4n) is 2.35. The number of hydrogen-bond acceptors (Lipinski definition) is 1. The summed E-state index contributed by atoms with van der Waals surface area (Å²) >= 11 is 0. The third kappa shape index (κ3) is 2.19. The number of nitrogens with two attached hydrogens (primary N) is 1. The normalized spacial score (nSPS) is 37.1. The molecule has 1 aliphatic rings. The minimum atomic E-state index is 0.574. The minimum absolute atomic E-state index is 0.574. The molecule has 1 heteroatoms. The van der Waals surface area contributed by atoms with E-state index in [-0.39, 0.29) is 0 Å². The van der Waals surface area contributed by atoms with Gasteiger partial charge in [0, 0.05) is 0 Å². The van der Waals surface area contributed by atoms with Crippen LogP contribution in [-0.2, 0) is 0 Å². The second-order valence-corrected chi connectivity index (χ2v) is 4.88. The van der Waals surface area contributed by atoms with Gasteiger partial charge in [0.2, 0.25) is 0 Å². The Morgan fingerprint density at radius 2 is 2.09 bits per heavy atom. The Labute approximate surface area is 70.4 Å². The molecule has 0 radical (unpaired) electrons. The van der Waals surface area contributed by atoms with Gasteiger partial charge in [-0.3, -0.25) is 0 Å². The van der Waals surface area contributed by atoms with Gasteiger partial charge >= 0.3 is 0 Å². The minimum Gasteiger partial charge on any atom is -0.330 e. The van der Waals surface area contributed by atoms with Crippen LogP contribution in [0.15, 0.2) is 0 Å². The maximum atomic E-state index is 5.68. The van der Waals surface area contributed by atoms with E-state index in [9.17, 15) is 0 Å². The molecule has 1 nitrogen and oxygen atoms in total. The van der Waals surface area contributed by atoms with Gasteiger partial charge in [-0.25, -0.2) is 0 Å². The summed E-state index contributed by atoms with van der Waals surface area (Å²) < 4.78 is 0. The monoisotopic (exact) mass is 155 g/mol. The molecule has 0 bridgehead atoms. The van der Waals surface area contributed by atoms with Crippen molar-refractivity contribution < 1.29 is 0 Å². The molecule has 0 aromatic rings. The molecule has 0 aliphatic heterocycles. The molecule has 1 fully saturated rings. The fraction of sp³-hybridized carbons (Fsp3) is 1.00. The van der Waals surface area contributed by atoms with E-state index in [4.69, 9.17) is 5.73 Å². The summed E-state index contributed by atoms with van der Waals surface area (Å²) in [6.45, 7) is 7.97. The highest BCUT2D eigenvalue weighted by Crippen LogP contribution is 2.40. The lowest BCUT2D eigenvalue weighted by atomic mass is 9.68. The summed E-state index contributed by atoms with van der Waals surface area (Å²) in [7, 11) is 0. The first-order valence-electron chi connectivity index (χ1n) is 4.75. The van der Waals surface area contributed by atoms with Crippen LogP contribution in [0, 0.1) is 17.3 Å². The molecule has 0 aromatic carbocycles. The largest absolute Gasteiger partial charge is 0.330 e. The highest BCUT2D eigenvalue weighted by Gasteiger charge is 2.31. The molecule has 1 aliphatic carbocycles. The Morgan fingerprint density at radius 1 is 1.45 bits per heavy atom. The van der Waals surface area contributed by atoms with Crippen LogP contribution in [0.4, 0.5) is 0 Å². The molecule has 0 aromatic heterocycles. The summed E-state index contributed by atoms with van der Waals surface area (Å²) in [6.07, 6.45) is 4.05. The Bertz CT molecular complexity index is 129. The van der Waals surface area contributed by atoms with Crippen molar-refractivity contribution in [3.05, 3.63) is 0 Å². The molecule has 1 rings (SSSR count). The SMILES string of the molecule is CC1CC(C)(C)CCC1CN. The first kappa shape index (κ1) is 9.05. The van der Waals surface area contributed by atoms with Gasteiger partial charge in [0.15, 0.2) is 0 Å². The molecule has 1 saturated carbocycles. The Morgan fingerprint density at radius 3 is 2.55 bits per heavy atom. The van der Waals surface area contributed by atoms with Gasteiger partial charge in [-0.15, -0.1) is 0 Å². The fourth-order valence-corrected chi connectivity index (χ4v) is 2.35. The Kier molecular flexibility index (Phi) is 2.58. The lowest BCUT2D eigenvalue weighted by Gasteiger charge is -2.38. The first-order chi connectivity index (χ1) is 5.05. The molecule has 2 N–H and O–H groups in total. The van der Waals surface area contributed by atoms with Crippen molar-refractivity contribution in [2.75, 3.05) is 6.54 Å². The van der Waals surface area contributed by atoms with E-state index >= 15 is 0 Å². The molecule has 0 saturated heterocycles. The van der Waals surface area contributed by atoms with Crippen molar-refractivity contribution in [2.24, 2.45) is 23.0 Å². The zero-order valence-electron chi connectivity index (χ0n) is 8.06. The molecule has 0 heterocycles. The van der Waals surface area contributed by atoms with Crippen LogP contribution >= 0.6 is 0 Å². The van der Waals surface area contributed by atoms with Gasteiger partial charge in [-0.2, -0.15) is 0 Å². The van der Waals surface area contributed by atoms with E-state index in [1.54, 1.807) is 0 Å². The van der Waals surface area contributed by atoms with Crippen molar-refractivity contribution >= 4 is 0 Å². The van der Waals surface area contributed by atoms with Crippen molar-refractivity contribution in [3.63, 3.8) is 0 Å². The number of hydrogen-bond donors (Lipinski definition) is 1. The molecule has 11 heavy (non-hydrogen) atoms. The topological polar surface area (TPSA) is 26.0 Å². The van der Waals surface area contributed by atoms with Gasteiger partial charge in [0.25, 0.3) is 0 Å². The van der Waals surface area contributed by atoms with Crippen LogP contribution in [0.2, 0.25) is 0 Å². The van der Waals surface area contributed by atoms with Gasteiger partial charge < -0.3 is 5.73 Å². The lowest BCUT2D eigenvalue weighted by molar-refractivity contribution is 0.133. The van der Waals surface area contributed by atoms with Crippen LogP contribution in [0.25, 0.3) is 0 Å². The molecular formula is C10H21N. The van der Waals surface area contributed by atoms with E-state index in [1.165, 1.54) is 19.3 Å². The highest BCUT2D eigenvalue weighted by molar-refractivity contribution is 4.83. The van der Waals surface area contributed by atoms with E-state index in [2.05, 4.69) is 20.8 Å². The predicted octanol–water partition coefficient (Wildman–Crippen LogP) is 2.41. The van der Waals surface area contributed by atoms with E-state index in [0.29, 0.717) is 5.41 Å².